The molecule has 1 unspecified atom stereocenters. The largest absolute Gasteiger partial charge is 0.290 e. The summed E-state index contributed by atoms with van der Waals surface area (Å²) >= 11 is 26.3. The molecule has 1 saturated carbocycles. The van der Waals surface area contributed by atoms with Crippen molar-refractivity contribution in [3.05, 3.63) is 159 Å². The number of nitrogens with zero attached hydrogens (tertiary/aromatic N) is 2. The number of hydrogen-bond donors (Lipinski definition) is 0. The average Bonchev–Trinajstić information content (AvgIpc) is 3.45. The van der Waals surface area contributed by atoms with Crippen molar-refractivity contribution < 1.29 is 4.57 Å². The van der Waals surface area contributed by atoms with Crippen LogP contribution in [0.2, 0.25) is 10.0 Å². The molecular formula is C36H29Cl4N2OP. The smallest absolute Gasteiger partial charge is 0.234 e. The standard InChI is InChI=1S/C36H29Cl4N2OP/c37-30-18-14-25(15-19-30)22-29-12-7-13-32-35(29)41-42(36(32)28-16-20-31(38)21-17-28)44(43,23-33(39)26-8-3-1-4-9-26)24-34(40)27-10-5-2-6-11-27/h1-6,8-11,14-24,32,36H,7,12-13H2/b29-22+,33-23-,34-24+/t32-,36+,44?/m1/s1. The van der Waals surface area contributed by atoms with Crippen LogP contribution in [0, 0.1) is 5.92 Å². The fraction of sp³-hybridized carbons (Fsp3) is 0.139. The lowest BCUT2D eigenvalue weighted by Crippen LogP contribution is -2.26. The van der Waals surface area contributed by atoms with Crippen LogP contribution in [0.15, 0.2) is 132 Å². The van der Waals surface area contributed by atoms with E-state index in [1.165, 1.54) is 0 Å². The van der Waals surface area contributed by atoms with E-state index in [9.17, 15) is 0 Å². The molecule has 0 spiro atoms. The third-order valence-corrected chi connectivity index (χ3v) is 11.6. The zero-order valence-corrected chi connectivity index (χ0v) is 27.6. The molecule has 222 valence electrons. The van der Waals surface area contributed by atoms with Crippen molar-refractivity contribution in [1.82, 2.24) is 4.78 Å². The number of benzene rings is 4. The van der Waals surface area contributed by atoms with E-state index >= 15 is 4.57 Å². The molecule has 1 fully saturated rings. The summed E-state index contributed by atoms with van der Waals surface area (Å²) in [4.78, 5) is 0. The average molecular weight is 678 g/mol. The highest BCUT2D eigenvalue weighted by atomic mass is 35.5. The molecule has 3 nitrogen and oxygen atoms in total. The minimum atomic E-state index is -3.65. The molecule has 2 aliphatic rings. The van der Waals surface area contributed by atoms with Gasteiger partial charge in [0.15, 0.2) is 0 Å². The summed E-state index contributed by atoms with van der Waals surface area (Å²) in [5, 5.41) is 7.25. The number of halogens is 4. The molecular weight excluding hydrogens is 649 g/mol. The van der Waals surface area contributed by atoms with Crippen molar-refractivity contribution in [3.63, 3.8) is 0 Å². The van der Waals surface area contributed by atoms with Gasteiger partial charge in [0.25, 0.3) is 0 Å². The molecule has 1 aliphatic carbocycles. The molecule has 6 rings (SSSR count). The van der Waals surface area contributed by atoms with Crippen LogP contribution in [0.4, 0.5) is 0 Å². The fourth-order valence-corrected chi connectivity index (χ4v) is 9.34. The van der Waals surface area contributed by atoms with Crippen molar-refractivity contribution >= 4 is 75.5 Å². The van der Waals surface area contributed by atoms with Crippen LogP contribution >= 0.6 is 53.7 Å². The first kappa shape index (κ1) is 31.0. The third-order valence-electron chi connectivity index (χ3n) is 7.92. The summed E-state index contributed by atoms with van der Waals surface area (Å²) in [6.07, 6.45) is 4.90. The highest BCUT2D eigenvalue weighted by Gasteiger charge is 2.47. The van der Waals surface area contributed by atoms with E-state index in [-0.39, 0.29) is 12.0 Å². The molecule has 4 aromatic rings. The Morgan fingerprint density at radius 1 is 0.750 bits per heavy atom. The number of rotatable bonds is 7. The van der Waals surface area contributed by atoms with Gasteiger partial charge in [0, 0.05) is 27.6 Å². The van der Waals surface area contributed by atoms with Crippen molar-refractivity contribution in [2.75, 3.05) is 0 Å². The number of hydrazone groups is 1. The summed E-state index contributed by atoms with van der Waals surface area (Å²) in [7, 11) is -3.65. The van der Waals surface area contributed by atoms with Crippen molar-refractivity contribution in [2.45, 2.75) is 25.3 Å². The summed E-state index contributed by atoms with van der Waals surface area (Å²) in [5.74, 6) is 3.26. The lowest BCUT2D eigenvalue weighted by atomic mass is 9.78. The minimum absolute atomic E-state index is 0.00426. The Hall–Kier alpha value is -3.04. The molecule has 0 saturated heterocycles. The molecule has 4 aromatic carbocycles. The van der Waals surface area contributed by atoms with Gasteiger partial charge in [-0.15, -0.1) is 0 Å². The predicted octanol–water partition coefficient (Wildman–Crippen LogP) is 12.3. The van der Waals surface area contributed by atoms with Crippen LogP contribution in [0.3, 0.4) is 0 Å². The van der Waals surface area contributed by atoms with E-state index < -0.39 is 7.29 Å². The summed E-state index contributed by atoms with van der Waals surface area (Å²) in [6.45, 7) is 0. The van der Waals surface area contributed by atoms with Crippen LogP contribution in [0.5, 0.6) is 0 Å². The normalized spacial score (nSPS) is 21.1. The maximum absolute atomic E-state index is 15.5. The summed E-state index contributed by atoms with van der Waals surface area (Å²) in [5.41, 5.74) is 5.58. The first-order valence-corrected chi connectivity index (χ1v) is 17.7. The minimum Gasteiger partial charge on any atom is -0.290 e. The van der Waals surface area contributed by atoms with Gasteiger partial charge in [-0.05, 0) is 77.4 Å². The Labute approximate surface area is 278 Å². The molecule has 44 heavy (non-hydrogen) atoms. The van der Waals surface area contributed by atoms with Gasteiger partial charge < -0.3 is 0 Å². The quantitative estimate of drug-likeness (QED) is 0.182. The molecule has 3 atom stereocenters. The molecule has 0 N–H and O–H groups in total. The second-order valence-electron chi connectivity index (χ2n) is 10.9. The first-order valence-electron chi connectivity index (χ1n) is 14.4. The molecule has 0 radical (unpaired) electrons. The van der Waals surface area contributed by atoms with Crippen LogP contribution in [-0.4, -0.2) is 10.5 Å². The van der Waals surface area contributed by atoms with Crippen molar-refractivity contribution in [3.8, 4) is 0 Å². The molecule has 0 aromatic heterocycles. The van der Waals surface area contributed by atoms with Crippen LogP contribution in [-0.2, 0) is 4.57 Å². The van der Waals surface area contributed by atoms with Gasteiger partial charge in [-0.1, -0.05) is 131 Å². The monoisotopic (exact) mass is 676 g/mol. The summed E-state index contributed by atoms with van der Waals surface area (Å²) in [6, 6.07) is 34.2. The zero-order chi connectivity index (χ0) is 30.7. The Morgan fingerprint density at radius 2 is 1.27 bits per heavy atom. The topological polar surface area (TPSA) is 32.7 Å². The van der Waals surface area contributed by atoms with Crippen LogP contribution < -0.4 is 0 Å². The third kappa shape index (κ3) is 6.79. The molecule has 1 heterocycles. The number of hydrogen-bond acceptors (Lipinski definition) is 2. The number of fused-ring (bicyclic) bond motifs is 1. The van der Waals surface area contributed by atoms with E-state index in [1.54, 1.807) is 16.4 Å². The maximum atomic E-state index is 15.5. The van der Waals surface area contributed by atoms with Crippen LogP contribution in [0.25, 0.3) is 16.1 Å². The van der Waals surface area contributed by atoms with E-state index in [0.29, 0.717) is 20.1 Å². The second-order valence-corrected chi connectivity index (χ2v) is 14.8. The Balaban J connectivity index is 1.54. The molecule has 1 aliphatic heterocycles. The van der Waals surface area contributed by atoms with Gasteiger partial charge in [-0.25, -0.2) is 4.78 Å². The SMILES string of the molecule is O=P(/C=C(\Cl)c1ccccc1)(/C=C(/Cl)c1ccccc1)N1N=C2/C(=C/c3ccc(Cl)cc3)CCC[C@H]2[C@@H]1c1ccc(Cl)cc1. The zero-order valence-electron chi connectivity index (χ0n) is 23.7. The molecule has 0 bridgehead atoms. The number of allylic oxidation sites excluding steroid dienone is 1. The first-order chi connectivity index (χ1) is 21.3. The highest BCUT2D eigenvalue weighted by Crippen LogP contribution is 2.64. The van der Waals surface area contributed by atoms with Crippen molar-refractivity contribution in [2.24, 2.45) is 11.0 Å². The fourth-order valence-electron chi connectivity index (χ4n) is 5.82. The van der Waals surface area contributed by atoms with E-state index in [1.807, 2.05) is 109 Å². The lowest BCUT2D eigenvalue weighted by molar-refractivity contribution is 0.315. The van der Waals surface area contributed by atoms with Gasteiger partial charge in [0.05, 0.1) is 21.8 Å². The Morgan fingerprint density at radius 3 is 1.82 bits per heavy atom. The lowest BCUT2D eigenvalue weighted by Gasteiger charge is -2.33. The highest BCUT2D eigenvalue weighted by molar-refractivity contribution is 7.68. The van der Waals surface area contributed by atoms with E-state index in [2.05, 4.69) is 6.08 Å². The Kier molecular flexibility index (Phi) is 9.52. The van der Waals surface area contributed by atoms with E-state index in [0.717, 1.165) is 52.8 Å². The molecule has 8 heteroatoms. The van der Waals surface area contributed by atoms with Gasteiger partial charge >= 0.3 is 0 Å². The second kappa shape index (κ2) is 13.5. The summed E-state index contributed by atoms with van der Waals surface area (Å²) < 4.78 is 17.3. The van der Waals surface area contributed by atoms with Gasteiger partial charge in [0.2, 0.25) is 7.29 Å². The van der Waals surface area contributed by atoms with E-state index in [4.69, 9.17) is 51.5 Å². The predicted molar refractivity (Wildman–Crippen MR) is 188 cm³/mol. The Bertz CT molecular complexity index is 1740. The van der Waals surface area contributed by atoms with Crippen LogP contribution in [0.1, 0.15) is 47.6 Å². The van der Waals surface area contributed by atoms with Gasteiger partial charge in [-0.2, -0.15) is 5.10 Å². The van der Waals surface area contributed by atoms with Crippen molar-refractivity contribution in [1.29, 1.82) is 0 Å². The van der Waals surface area contributed by atoms with Gasteiger partial charge in [0.1, 0.15) is 0 Å². The maximum Gasteiger partial charge on any atom is 0.234 e. The molecule has 0 amide bonds. The van der Waals surface area contributed by atoms with Gasteiger partial charge in [-0.3, -0.25) is 4.57 Å².